The van der Waals surface area contributed by atoms with E-state index in [1.807, 2.05) is 35.1 Å². The molecule has 2 aromatic carbocycles. The van der Waals surface area contributed by atoms with Crippen molar-refractivity contribution >= 4 is 21.7 Å². The average molecular weight is 426 g/mol. The van der Waals surface area contributed by atoms with Gasteiger partial charge in [-0.2, -0.15) is 0 Å². The van der Waals surface area contributed by atoms with Crippen LogP contribution in [-0.4, -0.2) is 26.2 Å². The Morgan fingerprint density at radius 2 is 1.77 bits per heavy atom. The summed E-state index contributed by atoms with van der Waals surface area (Å²) in [5.74, 6) is -0.478. The molecule has 3 N–H and O–H groups in total. The highest BCUT2D eigenvalue weighted by Crippen LogP contribution is 2.25. The molecular formula is C22H22N2O5S. The molecule has 7 nitrogen and oxygen atoms in total. The first-order valence-electron chi connectivity index (χ1n) is 9.33. The number of aryl methyl sites for hydroxylation is 1. The quantitative estimate of drug-likeness (QED) is 0.535. The number of nitrogens with two attached hydrogens (primary N) is 1. The van der Waals surface area contributed by atoms with Crippen LogP contribution in [0.5, 0.6) is 0 Å². The Hall–Kier alpha value is -3.23. The van der Waals surface area contributed by atoms with Crippen LogP contribution in [0.3, 0.4) is 0 Å². The van der Waals surface area contributed by atoms with E-state index in [9.17, 15) is 18.0 Å². The van der Waals surface area contributed by atoms with Crippen LogP contribution >= 0.6 is 0 Å². The van der Waals surface area contributed by atoms with Gasteiger partial charge in [-0.15, -0.1) is 0 Å². The van der Waals surface area contributed by atoms with Gasteiger partial charge in [0.25, 0.3) is 15.9 Å². The molecule has 1 heterocycles. The van der Waals surface area contributed by atoms with Gasteiger partial charge in [-0.25, -0.2) is 13.1 Å². The number of hydrogen-bond acceptors (Lipinski definition) is 6. The van der Waals surface area contributed by atoms with Gasteiger partial charge in [0.2, 0.25) is 0 Å². The minimum Gasteiger partial charge on any atom is -0.453 e. The molecule has 0 radical (unpaired) electrons. The van der Waals surface area contributed by atoms with Gasteiger partial charge in [0.1, 0.15) is 5.76 Å². The maximum absolute atomic E-state index is 12.6. The lowest BCUT2D eigenvalue weighted by molar-refractivity contribution is -0.120. The molecule has 0 saturated heterocycles. The third-order valence-electron chi connectivity index (χ3n) is 4.54. The highest BCUT2D eigenvalue weighted by atomic mass is 32.2. The number of nitrogens with one attached hydrogen (secondary N) is 1. The van der Waals surface area contributed by atoms with Gasteiger partial charge in [-0.05, 0) is 42.7 Å². The fourth-order valence-electron chi connectivity index (χ4n) is 2.86. The van der Waals surface area contributed by atoms with Crippen molar-refractivity contribution in [2.24, 2.45) is 5.73 Å². The van der Waals surface area contributed by atoms with E-state index < -0.39 is 22.0 Å². The van der Waals surface area contributed by atoms with Crippen LogP contribution in [-0.2, 0) is 21.2 Å². The molecule has 1 aromatic heterocycles. The van der Waals surface area contributed by atoms with E-state index in [2.05, 4.69) is 0 Å². The van der Waals surface area contributed by atoms with Crippen molar-refractivity contribution in [1.82, 2.24) is 4.72 Å². The van der Waals surface area contributed by atoms with Gasteiger partial charge >= 0.3 is 0 Å². The van der Waals surface area contributed by atoms with E-state index in [1.165, 1.54) is 31.2 Å². The third kappa shape index (κ3) is 5.22. The lowest BCUT2D eigenvalue weighted by Gasteiger charge is -2.13. The molecule has 0 aliphatic carbocycles. The summed E-state index contributed by atoms with van der Waals surface area (Å²) in [5, 5.41) is 0. The number of Topliss-reactive ketones (excluding diaryl/α,β-unsaturated/α-hetero) is 1. The molecule has 0 saturated carbocycles. The zero-order valence-electron chi connectivity index (χ0n) is 16.4. The fraction of sp³-hybridized carbons (Fsp3) is 0.182. The zero-order chi connectivity index (χ0) is 21.7. The molecule has 0 fully saturated rings. The molecule has 156 valence electrons. The molecule has 3 aromatic rings. The molecule has 0 aliphatic heterocycles. The highest BCUT2D eigenvalue weighted by Gasteiger charge is 2.22. The SMILES string of the molecule is CC(=O)c1ccc(-c2cccc(S(=O)(=O)NC(=O)[C@@H](N)CCc3ccccc3)c2)o1. The Kier molecular flexibility index (Phi) is 6.49. The second-order valence-electron chi connectivity index (χ2n) is 6.85. The summed E-state index contributed by atoms with van der Waals surface area (Å²) < 4.78 is 32.8. The van der Waals surface area contributed by atoms with E-state index in [0.717, 1.165) is 5.56 Å². The predicted octanol–water partition coefficient (Wildman–Crippen LogP) is 2.91. The summed E-state index contributed by atoms with van der Waals surface area (Å²) in [5.41, 5.74) is 7.36. The first-order chi connectivity index (χ1) is 14.3. The average Bonchev–Trinajstić information content (AvgIpc) is 3.23. The molecule has 0 aliphatic rings. The normalized spacial score (nSPS) is 12.3. The Labute approximate surface area is 175 Å². The fourth-order valence-corrected chi connectivity index (χ4v) is 3.94. The third-order valence-corrected chi connectivity index (χ3v) is 5.88. The van der Waals surface area contributed by atoms with Crippen LogP contribution in [0.4, 0.5) is 0 Å². The predicted molar refractivity (Wildman–Crippen MR) is 112 cm³/mol. The van der Waals surface area contributed by atoms with Crippen molar-refractivity contribution < 1.29 is 22.4 Å². The number of sulfonamides is 1. The maximum atomic E-state index is 12.6. The Balaban J connectivity index is 1.70. The molecule has 0 bridgehead atoms. The van der Waals surface area contributed by atoms with Crippen molar-refractivity contribution in [2.75, 3.05) is 0 Å². The van der Waals surface area contributed by atoms with E-state index in [1.54, 1.807) is 12.1 Å². The molecule has 1 atom stereocenters. The minimum absolute atomic E-state index is 0.107. The van der Waals surface area contributed by atoms with Crippen molar-refractivity contribution in [1.29, 1.82) is 0 Å². The van der Waals surface area contributed by atoms with Crippen molar-refractivity contribution in [3.8, 4) is 11.3 Å². The zero-order valence-corrected chi connectivity index (χ0v) is 17.2. The van der Waals surface area contributed by atoms with Crippen LogP contribution in [0.15, 0.2) is 76.0 Å². The van der Waals surface area contributed by atoms with Crippen molar-refractivity contribution in [3.05, 3.63) is 78.1 Å². The number of carbonyl (C=O) groups is 2. The topological polar surface area (TPSA) is 119 Å². The molecule has 0 spiro atoms. The second-order valence-corrected chi connectivity index (χ2v) is 8.53. The van der Waals surface area contributed by atoms with E-state index in [0.29, 0.717) is 24.2 Å². The summed E-state index contributed by atoms with van der Waals surface area (Å²) in [7, 11) is -4.12. The van der Waals surface area contributed by atoms with E-state index in [4.69, 9.17) is 10.2 Å². The van der Waals surface area contributed by atoms with Crippen LogP contribution in [0, 0.1) is 0 Å². The number of rotatable bonds is 8. The van der Waals surface area contributed by atoms with Crippen molar-refractivity contribution in [3.63, 3.8) is 0 Å². The van der Waals surface area contributed by atoms with E-state index in [-0.39, 0.29) is 16.4 Å². The monoisotopic (exact) mass is 426 g/mol. The number of carbonyl (C=O) groups excluding carboxylic acids is 2. The molecule has 30 heavy (non-hydrogen) atoms. The number of furan rings is 1. The first-order valence-corrected chi connectivity index (χ1v) is 10.8. The maximum Gasteiger partial charge on any atom is 0.264 e. The lowest BCUT2D eigenvalue weighted by atomic mass is 10.1. The molecule has 1 amide bonds. The Morgan fingerprint density at radius 1 is 1.03 bits per heavy atom. The highest BCUT2D eigenvalue weighted by molar-refractivity contribution is 7.90. The van der Waals surface area contributed by atoms with Gasteiger partial charge in [-0.3, -0.25) is 9.59 Å². The minimum atomic E-state index is -4.12. The number of hydrogen-bond donors (Lipinski definition) is 2. The van der Waals surface area contributed by atoms with Gasteiger partial charge in [-0.1, -0.05) is 42.5 Å². The molecule has 3 rings (SSSR count). The van der Waals surface area contributed by atoms with Crippen LogP contribution in [0.25, 0.3) is 11.3 Å². The van der Waals surface area contributed by atoms with Crippen LogP contribution < -0.4 is 10.5 Å². The van der Waals surface area contributed by atoms with Crippen LogP contribution in [0.2, 0.25) is 0 Å². The van der Waals surface area contributed by atoms with Crippen molar-refractivity contribution in [2.45, 2.75) is 30.7 Å². The standard InChI is InChI=1S/C22H22N2O5S/c1-15(25)20-12-13-21(29-20)17-8-5-9-18(14-17)30(27,28)24-22(26)19(23)11-10-16-6-3-2-4-7-16/h2-9,12-14,19H,10-11,23H2,1H3,(H,24,26)/t19-/m0/s1. The molecule has 0 unspecified atom stereocenters. The van der Waals surface area contributed by atoms with Gasteiger partial charge in [0, 0.05) is 12.5 Å². The van der Waals surface area contributed by atoms with Crippen LogP contribution in [0.1, 0.15) is 29.5 Å². The summed E-state index contributed by atoms with van der Waals surface area (Å²) in [6.07, 6.45) is 0.869. The van der Waals surface area contributed by atoms with E-state index >= 15 is 0 Å². The summed E-state index contributed by atoms with van der Waals surface area (Å²) in [4.78, 5) is 23.6. The lowest BCUT2D eigenvalue weighted by Crippen LogP contribution is -2.43. The number of benzene rings is 2. The summed E-state index contributed by atoms with van der Waals surface area (Å²) in [6, 6.07) is 17.5. The van der Waals surface area contributed by atoms with Gasteiger partial charge in [0.15, 0.2) is 11.5 Å². The van der Waals surface area contributed by atoms with Gasteiger partial charge < -0.3 is 10.2 Å². The Bertz CT molecular complexity index is 1150. The number of amides is 1. The molecular weight excluding hydrogens is 404 g/mol. The smallest absolute Gasteiger partial charge is 0.264 e. The van der Waals surface area contributed by atoms with Gasteiger partial charge in [0.05, 0.1) is 10.9 Å². The largest absolute Gasteiger partial charge is 0.453 e. The summed E-state index contributed by atoms with van der Waals surface area (Å²) in [6.45, 7) is 1.38. The second kappa shape index (κ2) is 9.06. The summed E-state index contributed by atoms with van der Waals surface area (Å²) >= 11 is 0. The number of ketones is 1. The molecule has 8 heteroatoms. The first kappa shape index (κ1) is 21.5. The Morgan fingerprint density at radius 3 is 2.43 bits per heavy atom.